The zero-order valence-corrected chi connectivity index (χ0v) is 22.0. The minimum Gasteiger partial charge on any atom is -0.342 e. The van der Waals surface area contributed by atoms with Crippen LogP contribution < -0.4 is 10.6 Å². The Morgan fingerprint density at radius 3 is 2.60 bits per heavy atom. The summed E-state index contributed by atoms with van der Waals surface area (Å²) in [4.78, 5) is 25.5. The summed E-state index contributed by atoms with van der Waals surface area (Å²) in [5, 5.41) is 15.7. The van der Waals surface area contributed by atoms with E-state index in [1.165, 1.54) is 11.8 Å². The molecular formula is C25H27Cl2N5O2S. The van der Waals surface area contributed by atoms with Gasteiger partial charge in [0, 0.05) is 12.1 Å². The average Bonchev–Trinajstić information content (AvgIpc) is 3.21. The molecule has 1 atom stereocenters. The average molecular weight is 532 g/mol. The van der Waals surface area contributed by atoms with Crippen molar-refractivity contribution in [3.63, 3.8) is 0 Å². The van der Waals surface area contributed by atoms with Crippen LogP contribution in [-0.2, 0) is 11.3 Å². The van der Waals surface area contributed by atoms with Crippen molar-refractivity contribution < 1.29 is 9.59 Å². The van der Waals surface area contributed by atoms with E-state index in [0.29, 0.717) is 33.8 Å². The first-order chi connectivity index (χ1) is 16.7. The van der Waals surface area contributed by atoms with Gasteiger partial charge in [0.05, 0.1) is 27.5 Å². The first-order valence-electron chi connectivity index (χ1n) is 11.0. The van der Waals surface area contributed by atoms with Crippen LogP contribution in [0.15, 0.2) is 60.3 Å². The molecule has 0 aliphatic carbocycles. The third-order valence-electron chi connectivity index (χ3n) is 5.13. The fraction of sp³-hybridized carbons (Fsp3) is 0.280. The molecule has 0 bridgehead atoms. The monoisotopic (exact) mass is 531 g/mol. The number of anilines is 1. The largest absolute Gasteiger partial charge is 0.342 e. The Balaban J connectivity index is 1.76. The summed E-state index contributed by atoms with van der Waals surface area (Å²) in [7, 11) is 0. The van der Waals surface area contributed by atoms with E-state index in [4.69, 9.17) is 23.2 Å². The molecular weight excluding hydrogens is 505 g/mol. The highest BCUT2D eigenvalue weighted by Gasteiger charge is 2.26. The number of carbonyl (C=O) groups is 2. The summed E-state index contributed by atoms with van der Waals surface area (Å²) >= 11 is 13.4. The first kappa shape index (κ1) is 26.8. The molecule has 1 heterocycles. The van der Waals surface area contributed by atoms with Crippen LogP contribution in [-0.4, -0.2) is 32.3 Å². The van der Waals surface area contributed by atoms with Crippen molar-refractivity contribution in [3.8, 4) is 0 Å². The second-order valence-corrected chi connectivity index (χ2v) is 9.97. The Kier molecular flexibility index (Phi) is 9.37. The lowest BCUT2D eigenvalue weighted by Gasteiger charge is -2.22. The Labute approximate surface area is 219 Å². The molecule has 0 aliphatic heterocycles. The van der Waals surface area contributed by atoms with E-state index in [1.54, 1.807) is 30.3 Å². The summed E-state index contributed by atoms with van der Waals surface area (Å²) in [5.41, 5.74) is 2.03. The van der Waals surface area contributed by atoms with Crippen molar-refractivity contribution >= 4 is 52.5 Å². The van der Waals surface area contributed by atoms with E-state index in [2.05, 4.69) is 27.4 Å². The molecule has 0 spiro atoms. The molecule has 2 amide bonds. The molecule has 3 aromatic rings. The summed E-state index contributed by atoms with van der Waals surface area (Å²) in [6.07, 6.45) is 1.72. The van der Waals surface area contributed by atoms with E-state index < -0.39 is 0 Å². The molecule has 184 valence electrons. The molecule has 0 saturated heterocycles. The predicted molar refractivity (Wildman–Crippen MR) is 142 cm³/mol. The van der Waals surface area contributed by atoms with E-state index >= 15 is 0 Å². The van der Waals surface area contributed by atoms with Crippen LogP contribution in [0.1, 0.15) is 41.6 Å². The van der Waals surface area contributed by atoms with Crippen LogP contribution in [0.2, 0.25) is 10.0 Å². The molecule has 2 aromatic carbocycles. The van der Waals surface area contributed by atoms with Crippen LogP contribution in [0.25, 0.3) is 0 Å². The molecule has 0 aliphatic rings. The quantitative estimate of drug-likeness (QED) is 0.249. The van der Waals surface area contributed by atoms with Gasteiger partial charge in [-0.15, -0.1) is 16.8 Å². The molecule has 2 N–H and O–H groups in total. The molecule has 35 heavy (non-hydrogen) atoms. The smallest absolute Gasteiger partial charge is 0.251 e. The van der Waals surface area contributed by atoms with E-state index in [-0.39, 0.29) is 34.5 Å². The molecule has 1 aromatic heterocycles. The second kappa shape index (κ2) is 12.2. The highest BCUT2D eigenvalue weighted by Crippen LogP contribution is 2.30. The minimum absolute atomic E-state index is 0.0441. The van der Waals surface area contributed by atoms with Crippen LogP contribution in [0.3, 0.4) is 0 Å². The highest BCUT2D eigenvalue weighted by atomic mass is 35.5. The third-order valence-corrected chi connectivity index (χ3v) is 6.91. The van der Waals surface area contributed by atoms with Crippen molar-refractivity contribution in [2.24, 2.45) is 5.92 Å². The number of nitrogens with zero attached hydrogens (tertiary/aromatic N) is 3. The molecule has 0 unspecified atom stereocenters. The van der Waals surface area contributed by atoms with Gasteiger partial charge in [-0.2, -0.15) is 0 Å². The minimum atomic E-state index is -0.385. The molecule has 0 radical (unpaired) electrons. The zero-order valence-electron chi connectivity index (χ0n) is 19.7. The van der Waals surface area contributed by atoms with Gasteiger partial charge >= 0.3 is 0 Å². The van der Waals surface area contributed by atoms with Crippen molar-refractivity contribution in [2.75, 3.05) is 11.1 Å². The van der Waals surface area contributed by atoms with Crippen LogP contribution >= 0.6 is 35.0 Å². The highest BCUT2D eigenvalue weighted by molar-refractivity contribution is 7.99. The number of hydrogen-bond acceptors (Lipinski definition) is 5. The maximum atomic E-state index is 12.9. The standard InChI is InChI=1S/C25H27Cl2N5O2S/c1-5-12-32-23(22(15(2)3)29-24(34)17-9-6-8-16(4)13-17)30-31-25(32)35-14-20(33)28-19-11-7-10-18(26)21(19)27/h5-11,13,15,22H,1,12,14H2,2-4H3,(H,28,33)(H,29,34)/t22-/m0/s1. The maximum absolute atomic E-state index is 12.9. The lowest BCUT2D eigenvalue weighted by molar-refractivity contribution is -0.113. The number of benzene rings is 2. The van der Waals surface area contributed by atoms with Gasteiger partial charge in [0.25, 0.3) is 5.91 Å². The number of allylic oxidation sites excluding steroid dienone is 1. The number of amides is 2. The fourth-order valence-corrected chi connectivity index (χ4v) is 4.50. The Hall–Kier alpha value is -2.81. The van der Waals surface area contributed by atoms with Crippen molar-refractivity contribution in [1.82, 2.24) is 20.1 Å². The number of aryl methyl sites for hydroxylation is 1. The van der Waals surface area contributed by atoms with Gasteiger partial charge < -0.3 is 15.2 Å². The summed E-state index contributed by atoms with van der Waals surface area (Å²) in [5.74, 6) is 0.277. The lowest BCUT2D eigenvalue weighted by atomic mass is 10.0. The number of rotatable bonds is 10. The molecule has 0 fully saturated rings. The van der Waals surface area contributed by atoms with Crippen molar-refractivity contribution in [3.05, 3.63) is 82.1 Å². The predicted octanol–water partition coefficient (Wildman–Crippen LogP) is 5.94. The second-order valence-electron chi connectivity index (χ2n) is 8.24. The number of aromatic nitrogens is 3. The third kappa shape index (κ3) is 6.87. The Morgan fingerprint density at radius 1 is 1.17 bits per heavy atom. The summed E-state index contributed by atoms with van der Waals surface area (Å²) in [6.45, 7) is 10.2. The number of thioether (sulfide) groups is 1. The van der Waals surface area contributed by atoms with Crippen LogP contribution in [0.4, 0.5) is 5.69 Å². The van der Waals surface area contributed by atoms with Gasteiger partial charge in [-0.3, -0.25) is 9.59 Å². The van der Waals surface area contributed by atoms with Crippen LogP contribution in [0, 0.1) is 12.8 Å². The molecule has 7 nitrogen and oxygen atoms in total. The molecule has 0 saturated carbocycles. The Morgan fingerprint density at radius 2 is 1.91 bits per heavy atom. The number of hydrogen-bond donors (Lipinski definition) is 2. The van der Waals surface area contributed by atoms with E-state index in [9.17, 15) is 9.59 Å². The zero-order chi connectivity index (χ0) is 25.5. The van der Waals surface area contributed by atoms with E-state index in [1.807, 2.05) is 43.5 Å². The van der Waals surface area contributed by atoms with Crippen molar-refractivity contribution in [2.45, 2.75) is 38.5 Å². The SMILES string of the molecule is C=CCn1c(SCC(=O)Nc2cccc(Cl)c2Cl)nnc1[C@@H](NC(=O)c1cccc(C)c1)C(C)C. The Bertz CT molecular complexity index is 1230. The van der Waals surface area contributed by atoms with Gasteiger partial charge in [0.1, 0.15) is 0 Å². The van der Waals surface area contributed by atoms with Gasteiger partial charge in [0.15, 0.2) is 11.0 Å². The lowest BCUT2D eigenvalue weighted by Crippen LogP contribution is -2.34. The van der Waals surface area contributed by atoms with Gasteiger partial charge in [-0.05, 0) is 37.1 Å². The first-order valence-corrected chi connectivity index (χ1v) is 12.7. The molecule has 3 rings (SSSR count). The maximum Gasteiger partial charge on any atom is 0.251 e. The van der Waals surface area contributed by atoms with Gasteiger partial charge in [-0.1, -0.05) is 78.6 Å². The van der Waals surface area contributed by atoms with Gasteiger partial charge in [-0.25, -0.2) is 0 Å². The van der Waals surface area contributed by atoms with Crippen LogP contribution in [0.5, 0.6) is 0 Å². The topological polar surface area (TPSA) is 88.9 Å². The summed E-state index contributed by atoms with van der Waals surface area (Å²) in [6, 6.07) is 12.1. The number of carbonyl (C=O) groups excluding carboxylic acids is 2. The van der Waals surface area contributed by atoms with Gasteiger partial charge in [0.2, 0.25) is 5.91 Å². The molecule has 10 heteroatoms. The number of nitrogens with one attached hydrogen (secondary N) is 2. The normalized spacial score (nSPS) is 11.8. The van der Waals surface area contributed by atoms with Crippen molar-refractivity contribution in [1.29, 1.82) is 0 Å². The number of halogens is 2. The van der Waals surface area contributed by atoms with E-state index in [0.717, 1.165) is 5.56 Å². The fourth-order valence-electron chi connectivity index (χ4n) is 3.39. The summed E-state index contributed by atoms with van der Waals surface area (Å²) < 4.78 is 1.86.